The lowest BCUT2D eigenvalue weighted by atomic mass is 10.1. The highest BCUT2D eigenvalue weighted by Gasteiger charge is 2.21. The SMILES string of the molecule is O=S(=O)(Oc1ccc2c(c1)CCC2)c1ccccc1Cl. The minimum atomic E-state index is -3.89. The van der Waals surface area contributed by atoms with Crippen molar-refractivity contribution < 1.29 is 12.6 Å². The Morgan fingerprint density at radius 2 is 1.75 bits per heavy atom. The van der Waals surface area contributed by atoms with Crippen LogP contribution in [0.4, 0.5) is 0 Å². The molecule has 0 bridgehead atoms. The van der Waals surface area contributed by atoms with Crippen LogP contribution in [-0.4, -0.2) is 8.42 Å². The molecule has 0 atom stereocenters. The quantitative estimate of drug-likeness (QED) is 0.814. The average Bonchev–Trinajstić information content (AvgIpc) is 2.86. The molecule has 0 aromatic heterocycles. The number of benzene rings is 2. The van der Waals surface area contributed by atoms with E-state index >= 15 is 0 Å². The molecular formula is C15H13ClO3S. The van der Waals surface area contributed by atoms with Gasteiger partial charge in [-0.05, 0) is 54.7 Å². The molecule has 104 valence electrons. The monoisotopic (exact) mass is 308 g/mol. The lowest BCUT2D eigenvalue weighted by Gasteiger charge is -2.09. The standard InChI is InChI=1S/C15H13ClO3S/c16-14-6-1-2-7-15(14)20(17,18)19-13-9-8-11-4-3-5-12(11)10-13/h1-2,6-10H,3-5H2. The fourth-order valence-electron chi connectivity index (χ4n) is 2.42. The van der Waals surface area contributed by atoms with Crippen LogP contribution in [0.15, 0.2) is 47.4 Å². The summed E-state index contributed by atoms with van der Waals surface area (Å²) in [5.74, 6) is 0.338. The van der Waals surface area contributed by atoms with E-state index in [0.29, 0.717) is 5.75 Å². The lowest BCUT2D eigenvalue weighted by Crippen LogP contribution is -2.10. The fourth-order valence-corrected chi connectivity index (χ4v) is 3.84. The summed E-state index contributed by atoms with van der Waals surface area (Å²) in [5, 5.41) is 0.161. The van der Waals surface area contributed by atoms with Crippen LogP contribution < -0.4 is 4.18 Å². The minimum Gasteiger partial charge on any atom is -0.379 e. The molecule has 0 radical (unpaired) electrons. The van der Waals surface area contributed by atoms with Crippen molar-refractivity contribution in [1.82, 2.24) is 0 Å². The molecule has 1 aliphatic carbocycles. The van der Waals surface area contributed by atoms with Gasteiger partial charge in [-0.25, -0.2) is 0 Å². The molecule has 0 heterocycles. The molecular weight excluding hydrogens is 296 g/mol. The highest BCUT2D eigenvalue weighted by Crippen LogP contribution is 2.29. The molecule has 2 aromatic carbocycles. The van der Waals surface area contributed by atoms with Crippen molar-refractivity contribution in [3.05, 3.63) is 58.6 Å². The van der Waals surface area contributed by atoms with E-state index in [4.69, 9.17) is 15.8 Å². The van der Waals surface area contributed by atoms with E-state index in [0.717, 1.165) is 24.8 Å². The van der Waals surface area contributed by atoms with E-state index in [9.17, 15) is 8.42 Å². The molecule has 0 fully saturated rings. The van der Waals surface area contributed by atoms with Crippen LogP contribution in [0.3, 0.4) is 0 Å². The molecule has 2 aromatic rings. The Morgan fingerprint density at radius 1 is 1.00 bits per heavy atom. The first-order valence-electron chi connectivity index (χ1n) is 6.37. The second kappa shape index (κ2) is 5.11. The van der Waals surface area contributed by atoms with Gasteiger partial charge in [-0.3, -0.25) is 0 Å². The van der Waals surface area contributed by atoms with Gasteiger partial charge >= 0.3 is 10.1 Å². The molecule has 0 saturated carbocycles. The summed E-state index contributed by atoms with van der Waals surface area (Å²) in [7, 11) is -3.89. The maximum absolute atomic E-state index is 12.2. The summed E-state index contributed by atoms with van der Waals surface area (Å²) in [4.78, 5) is -0.0119. The number of hydrogen-bond acceptors (Lipinski definition) is 3. The van der Waals surface area contributed by atoms with Gasteiger partial charge in [0.15, 0.2) is 0 Å². The van der Waals surface area contributed by atoms with Gasteiger partial charge in [-0.2, -0.15) is 8.42 Å². The predicted molar refractivity (Wildman–Crippen MR) is 77.7 cm³/mol. The zero-order chi connectivity index (χ0) is 14.2. The van der Waals surface area contributed by atoms with E-state index < -0.39 is 10.1 Å². The summed E-state index contributed by atoms with van der Waals surface area (Å²) in [6, 6.07) is 11.7. The number of halogens is 1. The molecule has 0 amide bonds. The lowest BCUT2D eigenvalue weighted by molar-refractivity contribution is 0.486. The van der Waals surface area contributed by atoms with Crippen molar-refractivity contribution in [2.75, 3.05) is 0 Å². The average molecular weight is 309 g/mol. The maximum atomic E-state index is 12.2. The van der Waals surface area contributed by atoms with E-state index in [2.05, 4.69) is 0 Å². The van der Waals surface area contributed by atoms with E-state index in [1.54, 1.807) is 24.3 Å². The van der Waals surface area contributed by atoms with E-state index in [1.807, 2.05) is 6.07 Å². The van der Waals surface area contributed by atoms with Crippen LogP contribution in [-0.2, 0) is 23.0 Å². The van der Waals surface area contributed by atoms with Crippen LogP contribution in [0, 0.1) is 0 Å². The highest BCUT2D eigenvalue weighted by molar-refractivity contribution is 7.87. The Balaban J connectivity index is 1.93. The Morgan fingerprint density at radius 3 is 2.55 bits per heavy atom. The number of aryl methyl sites for hydroxylation is 2. The van der Waals surface area contributed by atoms with Gasteiger partial charge in [0.25, 0.3) is 0 Å². The van der Waals surface area contributed by atoms with E-state index in [1.165, 1.54) is 17.7 Å². The van der Waals surface area contributed by atoms with Crippen molar-refractivity contribution in [3.63, 3.8) is 0 Å². The zero-order valence-electron chi connectivity index (χ0n) is 10.7. The first-order chi connectivity index (χ1) is 9.56. The first-order valence-corrected chi connectivity index (χ1v) is 8.16. The van der Waals surface area contributed by atoms with Gasteiger partial charge in [-0.1, -0.05) is 29.8 Å². The Bertz CT molecular complexity index is 753. The molecule has 0 aliphatic heterocycles. The van der Waals surface area contributed by atoms with Crippen LogP contribution in [0.25, 0.3) is 0 Å². The summed E-state index contributed by atoms with van der Waals surface area (Å²) in [6.07, 6.45) is 3.13. The van der Waals surface area contributed by atoms with Crippen molar-refractivity contribution in [1.29, 1.82) is 0 Å². The third-order valence-corrected chi connectivity index (χ3v) is 5.13. The molecule has 0 saturated heterocycles. The van der Waals surface area contributed by atoms with Gasteiger partial charge in [0, 0.05) is 0 Å². The van der Waals surface area contributed by atoms with Gasteiger partial charge < -0.3 is 4.18 Å². The summed E-state index contributed by atoms with van der Waals surface area (Å²) >= 11 is 5.91. The number of hydrogen-bond donors (Lipinski definition) is 0. The molecule has 0 unspecified atom stereocenters. The van der Waals surface area contributed by atoms with Crippen LogP contribution in [0.5, 0.6) is 5.75 Å². The third kappa shape index (κ3) is 2.53. The van der Waals surface area contributed by atoms with Gasteiger partial charge in [0.05, 0.1) is 5.02 Å². The number of rotatable bonds is 3. The Kier molecular flexibility index (Phi) is 3.44. The molecule has 3 nitrogen and oxygen atoms in total. The van der Waals surface area contributed by atoms with Gasteiger partial charge in [0.2, 0.25) is 0 Å². The van der Waals surface area contributed by atoms with E-state index in [-0.39, 0.29) is 9.92 Å². The van der Waals surface area contributed by atoms with Crippen LogP contribution in [0.2, 0.25) is 5.02 Å². The van der Waals surface area contributed by atoms with Crippen molar-refractivity contribution >= 4 is 21.7 Å². The summed E-state index contributed by atoms with van der Waals surface area (Å²) in [6.45, 7) is 0. The highest BCUT2D eigenvalue weighted by atomic mass is 35.5. The molecule has 3 rings (SSSR count). The first kappa shape index (κ1) is 13.5. The molecule has 0 N–H and O–H groups in total. The smallest absolute Gasteiger partial charge is 0.340 e. The second-order valence-electron chi connectivity index (χ2n) is 4.75. The summed E-state index contributed by atoms with van der Waals surface area (Å²) < 4.78 is 29.6. The molecule has 5 heteroatoms. The normalized spacial score (nSPS) is 14.1. The van der Waals surface area contributed by atoms with Crippen molar-refractivity contribution in [2.45, 2.75) is 24.2 Å². The zero-order valence-corrected chi connectivity index (χ0v) is 12.2. The van der Waals surface area contributed by atoms with Crippen LogP contribution >= 0.6 is 11.6 Å². The topological polar surface area (TPSA) is 43.4 Å². The second-order valence-corrected chi connectivity index (χ2v) is 6.67. The molecule has 1 aliphatic rings. The predicted octanol–water partition coefficient (Wildman–Crippen LogP) is 3.60. The third-order valence-electron chi connectivity index (χ3n) is 3.38. The largest absolute Gasteiger partial charge is 0.379 e. The van der Waals surface area contributed by atoms with Gasteiger partial charge in [0.1, 0.15) is 10.6 Å². The molecule has 20 heavy (non-hydrogen) atoms. The summed E-state index contributed by atoms with van der Waals surface area (Å²) in [5.41, 5.74) is 2.43. The fraction of sp³-hybridized carbons (Fsp3) is 0.200. The van der Waals surface area contributed by atoms with Crippen molar-refractivity contribution in [3.8, 4) is 5.75 Å². The molecule has 0 spiro atoms. The minimum absolute atomic E-state index is 0.0119. The van der Waals surface area contributed by atoms with Crippen molar-refractivity contribution in [2.24, 2.45) is 0 Å². The Hall–Kier alpha value is -1.52. The van der Waals surface area contributed by atoms with Gasteiger partial charge in [-0.15, -0.1) is 0 Å². The van der Waals surface area contributed by atoms with Crippen LogP contribution in [0.1, 0.15) is 17.5 Å². The number of fused-ring (bicyclic) bond motifs is 1. The Labute approximate surface area is 123 Å². The maximum Gasteiger partial charge on any atom is 0.340 e.